The van der Waals surface area contributed by atoms with Crippen molar-refractivity contribution in [1.29, 1.82) is 5.41 Å². The molecule has 3 aromatic heterocycles. The number of anilines is 1. The number of nitrogens with zero attached hydrogens (tertiary/aromatic N) is 3. The molecule has 1 aliphatic carbocycles. The summed E-state index contributed by atoms with van der Waals surface area (Å²) in [6, 6.07) is 5.53. The minimum absolute atomic E-state index is 0.255. The Morgan fingerprint density at radius 2 is 2.24 bits per heavy atom. The Kier molecular flexibility index (Phi) is 7.48. The van der Waals surface area contributed by atoms with Crippen molar-refractivity contribution in [2.24, 2.45) is 0 Å². The number of nitrogens with one attached hydrogen (secondary N) is 3. The van der Waals surface area contributed by atoms with Crippen molar-refractivity contribution in [3.8, 4) is 0 Å². The smallest absolute Gasteiger partial charge is 0.407 e. The standard InChI is InChI=1S/C24H26N6O3S/c1-2-30-17(9-11-28-30)15-27-24(32)33-18-6-7-19-20(13-25)23(34-21(19)12-18)29-22(31)8-5-16-4-3-10-26-14-16/h3-5,8-11,13-14,18,25H,2,6-7,12,15H2,1H3,(H,27,32)(H,29,31)/b8-5+,25-13?. The molecule has 0 spiro atoms. The minimum Gasteiger partial charge on any atom is -0.446 e. The molecule has 3 N–H and O–H groups in total. The van der Waals surface area contributed by atoms with Gasteiger partial charge in [0.15, 0.2) is 0 Å². The van der Waals surface area contributed by atoms with E-state index in [0.29, 0.717) is 30.8 Å². The lowest BCUT2D eigenvalue weighted by Crippen LogP contribution is -2.32. The fourth-order valence-electron chi connectivity index (χ4n) is 3.88. The molecular formula is C24H26N6O3S. The summed E-state index contributed by atoms with van der Waals surface area (Å²) in [7, 11) is 0. The van der Waals surface area contributed by atoms with Crippen LogP contribution in [-0.4, -0.2) is 39.1 Å². The summed E-state index contributed by atoms with van der Waals surface area (Å²) in [5.74, 6) is -0.274. The maximum absolute atomic E-state index is 12.4. The highest BCUT2D eigenvalue weighted by Crippen LogP contribution is 2.38. The van der Waals surface area contributed by atoms with Crippen molar-refractivity contribution in [2.75, 3.05) is 5.32 Å². The lowest BCUT2D eigenvalue weighted by Gasteiger charge is -2.22. The monoisotopic (exact) mass is 478 g/mol. The summed E-state index contributed by atoms with van der Waals surface area (Å²) in [5.41, 5.74) is 3.50. The van der Waals surface area contributed by atoms with E-state index in [9.17, 15) is 9.59 Å². The average molecular weight is 479 g/mol. The van der Waals surface area contributed by atoms with Gasteiger partial charge in [-0.05, 0) is 49.1 Å². The van der Waals surface area contributed by atoms with Crippen molar-refractivity contribution >= 4 is 40.6 Å². The summed E-state index contributed by atoms with van der Waals surface area (Å²) in [5, 5.41) is 18.3. The Labute approximate surface area is 201 Å². The van der Waals surface area contributed by atoms with E-state index in [0.717, 1.165) is 33.8 Å². The van der Waals surface area contributed by atoms with Gasteiger partial charge in [-0.1, -0.05) is 6.07 Å². The molecule has 0 aliphatic heterocycles. The third-order valence-corrected chi connectivity index (χ3v) is 6.73. The lowest BCUT2D eigenvalue weighted by atomic mass is 9.93. The van der Waals surface area contributed by atoms with Crippen LogP contribution in [-0.2, 0) is 35.5 Å². The lowest BCUT2D eigenvalue weighted by molar-refractivity contribution is -0.111. The number of rotatable bonds is 8. The van der Waals surface area contributed by atoms with Gasteiger partial charge in [0.05, 0.1) is 12.2 Å². The first-order chi connectivity index (χ1) is 16.6. The number of hydrogen-bond donors (Lipinski definition) is 3. The van der Waals surface area contributed by atoms with Crippen molar-refractivity contribution in [3.05, 3.63) is 70.1 Å². The molecule has 0 aromatic carbocycles. The van der Waals surface area contributed by atoms with Crippen LogP contribution in [0.15, 0.2) is 42.9 Å². The molecule has 3 aromatic rings. The number of amides is 2. The van der Waals surface area contributed by atoms with Crippen LogP contribution in [0.25, 0.3) is 6.08 Å². The van der Waals surface area contributed by atoms with Crippen molar-refractivity contribution in [1.82, 2.24) is 20.1 Å². The van der Waals surface area contributed by atoms with Crippen LogP contribution in [0.3, 0.4) is 0 Å². The molecule has 0 fully saturated rings. The van der Waals surface area contributed by atoms with Crippen LogP contribution in [0.5, 0.6) is 0 Å². The van der Waals surface area contributed by atoms with E-state index >= 15 is 0 Å². The zero-order chi connectivity index (χ0) is 23.9. The summed E-state index contributed by atoms with van der Waals surface area (Å²) in [4.78, 5) is 29.8. The van der Waals surface area contributed by atoms with Crippen LogP contribution < -0.4 is 10.6 Å². The molecule has 176 valence electrons. The maximum Gasteiger partial charge on any atom is 0.407 e. The molecule has 10 heteroatoms. The van der Waals surface area contributed by atoms with Gasteiger partial charge in [-0.15, -0.1) is 11.3 Å². The van der Waals surface area contributed by atoms with Crippen molar-refractivity contribution in [3.63, 3.8) is 0 Å². The van der Waals surface area contributed by atoms with Gasteiger partial charge in [0.2, 0.25) is 5.91 Å². The highest BCUT2D eigenvalue weighted by Gasteiger charge is 2.27. The van der Waals surface area contributed by atoms with Gasteiger partial charge in [0.1, 0.15) is 11.1 Å². The molecule has 0 saturated heterocycles. The Morgan fingerprint density at radius 1 is 1.35 bits per heavy atom. The number of alkyl carbamates (subject to hydrolysis) is 1. The Balaban J connectivity index is 1.35. The second-order valence-electron chi connectivity index (χ2n) is 7.76. The number of hydrogen-bond acceptors (Lipinski definition) is 7. The second kappa shape index (κ2) is 10.9. The summed E-state index contributed by atoms with van der Waals surface area (Å²) in [6.45, 7) is 3.08. The van der Waals surface area contributed by atoms with Crippen LogP contribution >= 0.6 is 11.3 Å². The van der Waals surface area contributed by atoms with Crippen molar-refractivity contribution in [2.45, 2.75) is 45.4 Å². The molecule has 0 radical (unpaired) electrons. The zero-order valence-corrected chi connectivity index (χ0v) is 19.6. The molecule has 3 heterocycles. The number of carbonyl (C=O) groups excluding carboxylic acids is 2. The van der Waals surface area contributed by atoms with Gasteiger partial charge in [0.25, 0.3) is 0 Å². The van der Waals surface area contributed by atoms with Gasteiger partial charge in [0, 0.05) is 54.3 Å². The molecule has 9 nitrogen and oxygen atoms in total. The van der Waals surface area contributed by atoms with E-state index in [-0.39, 0.29) is 12.0 Å². The normalized spacial score (nSPS) is 15.0. The average Bonchev–Trinajstić information content (AvgIpc) is 3.45. The largest absolute Gasteiger partial charge is 0.446 e. The van der Waals surface area contributed by atoms with Crippen molar-refractivity contribution < 1.29 is 14.3 Å². The van der Waals surface area contributed by atoms with E-state index in [1.165, 1.54) is 23.6 Å². The predicted molar refractivity (Wildman–Crippen MR) is 131 cm³/mol. The van der Waals surface area contributed by atoms with Crippen LogP contribution in [0.2, 0.25) is 0 Å². The number of thiophene rings is 1. The van der Waals surface area contributed by atoms with Crippen LogP contribution in [0, 0.1) is 5.41 Å². The number of carbonyl (C=O) groups is 2. The first-order valence-corrected chi connectivity index (χ1v) is 11.9. The number of fused-ring (bicyclic) bond motifs is 1. The fraction of sp³-hybridized carbons (Fsp3) is 0.292. The second-order valence-corrected chi connectivity index (χ2v) is 8.87. The SMILES string of the molecule is CCn1nccc1CNC(=O)OC1CCc2c(sc(NC(=O)/C=C/c3cccnc3)c2C=N)C1. The quantitative estimate of drug-likeness (QED) is 0.336. The van der Waals surface area contributed by atoms with E-state index < -0.39 is 6.09 Å². The third kappa shape index (κ3) is 5.57. The summed E-state index contributed by atoms with van der Waals surface area (Å²) in [6.07, 6.45) is 10.7. The molecule has 4 rings (SSSR count). The highest BCUT2D eigenvalue weighted by molar-refractivity contribution is 7.17. The fourth-order valence-corrected chi connectivity index (χ4v) is 5.17. The third-order valence-electron chi connectivity index (χ3n) is 5.55. The van der Waals surface area contributed by atoms with E-state index in [1.807, 2.05) is 23.7 Å². The molecular weight excluding hydrogens is 452 g/mol. The summed E-state index contributed by atoms with van der Waals surface area (Å²) >= 11 is 1.43. The zero-order valence-electron chi connectivity index (χ0n) is 18.8. The first-order valence-electron chi connectivity index (χ1n) is 11.1. The molecule has 0 bridgehead atoms. The number of aryl methyl sites for hydroxylation is 1. The maximum atomic E-state index is 12.4. The van der Waals surface area contributed by atoms with Crippen LogP contribution in [0.4, 0.5) is 9.80 Å². The number of pyridine rings is 1. The Bertz CT molecular complexity index is 1200. The van der Waals surface area contributed by atoms with E-state index in [2.05, 4.69) is 20.7 Å². The van der Waals surface area contributed by atoms with Gasteiger partial charge in [-0.25, -0.2) is 4.79 Å². The molecule has 1 unspecified atom stereocenters. The molecule has 1 atom stereocenters. The van der Waals surface area contributed by atoms with Gasteiger partial charge in [-0.2, -0.15) is 5.10 Å². The first kappa shape index (κ1) is 23.4. The molecule has 34 heavy (non-hydrogen) atoms. The topological polar surface area (TPSA) is 122 Å². The van der Waals surface area contributed by atoms with Gasteiger partial charge < -0.3 is 20.8 Å². The molecule has 1 aliphatic rings. The Morgan fingerprint density at radius 3 is 3.00 bits per heavy atom. The predicted octanol–water partition coefficient (Wildman–Crippen LogP) is 3.79. The molecule has 2 amide bonds. The van der Waals surface area contributed by atoms with E-state index in [4.69, 9.17) is 10.1 Å². The van der Waals surface area contributed by atoms with E-state index in [1.54, 1.807) is 30.7 Å². The van der Waals surface area contributed by atoms with Crippen LogP contribution in [0.1, 0.15) is 40.6 Å². The highest BCUT2D eigenvalue weighted by atomic mass is 32.1. The Hall–Kier alpha value is -3.79. The number of aromatic nitrogens is 3. The number of ether oxygens (including phenoxy) is 1. The summed E-state index contributed by atoms with van der Waals surface area (Å²) < 4.78 is 7.46. The van der Waals surface area contributed by atoms with Gasteiger partial charge >= 0.3 is 6.09 Å². The molecule has 0 saturated carbocycles. The van der Waals surface area contributed by atoms with Gasteiger partial charge in [-0.3, -0.25) is 14.5 Å². The minimum atomic E-state index is -0.463.